The predicted molar refractivity (Wildman–Crippen MR) is 89.5 cm³/mol. The molecular weight excluding hydrogens is 324 g/mol. The first kappa shape index (κ1) is 17.9. The van der Waals surface area contributed by atoms with Crippen LogP contribution in [-0.2, 0) is 20.9 Å². The van der Waals surface area contributed by atoms with Crippen molar-refractivity contribution in [1.29, 1.82) is 0 Å². The van der Waals surface area contributed by atoms with Crippen LogP contribution in [0.3, 0.4) is 0 Å². The van der Waals surface area contributed by atoms with Crippen LogP contribution in [0.1, 0.15) is 26.7 Å². The highest BCUT2D eigenvalue weighted by Crippen LogP contribution is 2.33. The molecule has 0 bridgehead atoms. The lowest BCUT2D eigenvalue weighted by molar-refractivity contribution is -0.137. The summed E-state index contributed by atoms with van der Waals surface area (Å²) in [4.78, 5) is 29.7. The second-order valence-electron chi connectivity index (χ2n) is 7.31. The van der Waals surface area contributed by atoms with Crippen molar-refractivity contribution in [1.82, 2.24) is 19.8 Å². The van der Waals surface area contributed by atoms with Crippen molar-refractivity contribution in [3.05, 3.63) is 18.7 Å². The van der Waals surface area contributed by atoms with Crippen LogP contribution in [0.4, 0.5) is 0 Å². The monoisotopic (exact) mass is 350 g/mol. The molecule has 4 atom stereocenters. The Balaban J connectivity index is 1.65. The van der Waals surface area contributed by atoms with Crippen LogP contribution < -0.4 is 5.32 Å². The SMILES string of the molecule is CC(=O)N[C@@H]1CO[C@@H]2CCN(C(=O)Cn3ccnc3)C[C@@H]2C[C@@]1(C)O. The Hall–Kier alpha value is -1.93. The molecule has 25 heavy (non-hydrogen) atoms. The summed E-state index contributed by atoms with van der Waals surface area (Å²) in [5.41, 5.74) is -1.07. The van der Waals surface area contributed by atoms with Crippen molar-refractivity contribution in [2.75, 3.05) is 19.7 Å². The minimum absolute atomic E-state index is 0.00234. The molecule has 3 rings (SSSR count). The van der Waals surface area contributed by atoms with Crippen molar-refractivity contribution in [3.63, 3.8) is 0 Å². The molecule has 0 saturated carbocycles. The van der Waals surface area contributed by atoms with Crippen molar-refractivity contribution < 1.29 is 19.4 Å². The number of hydrogen-bond donors (Lipinski definition) is 2. The number of nitrogens with zero attached hydrogens (tertiary/aromatic N) is 3. The second kappa shape index (κ2) is 7.13. The van der Waals surface area contributed by atoms with Crippen LogP contribution in [0.25, 0.3) is 0 Å². The van der Waals surface area contributed by atoms with Crippen LogP contribution >= 0.6 is 0 Å². The van der Waals surface area contributed by atoms with Crippen molar-refractivity contribution >= 4 is 11.8 Å². The number of imidazole rings is 1. The van der Waals surface area contributed by atoms with E-state index in [1.807, 2.05) is 4.90 Å². The zero-order chi connectivity index (χ0) is 18.0. The number of amides is 2. The molecule has 2 aliphatic heterocycles. The summed E-state index contributed by atoms with van der Waals surface area (Å²) in [5.74, 6) is -0.0936. The summed E-state index contributed by atoms with van der Waals surface area (Å²) >= 11 is 0. The Morgan fingerprint density at radius 2 is 2.28 bits per heavy atom. The fourth-order valence-corrected chi connectivity index (χ4v) is 3.80. The molecule has 0 aliphatic carbocycles. The van der Waals surface area contributed by atoms with Gasteiger partial charge >= 0.3 is 0 Å². The Labute approximate surface area is 147 Å². The van der Waals surface area contributed by atoms with E-state index in [9.17, 15) is 14.7 Å². The highest BCUT2D eigenvalue weighted by molar-refractivity contribution is 5.76. The summed E-state index contributed by atoms with van der Waals surface area (Å²) in [6.07, 6.45) is 6.27. The molecule has 1 aromatic heterocycles. The van der Waals surface area contributed by atoms with Gasteiger partial charge in [0.25, 0.3) is 0 Å². The molecule has 0 spiro atoms. The maximum atomic E-state index is 12.5. The van der Waals surface area contributed by atoms with Crippen LogP contribution in [0, 0.1) is 5.92 Å². The third-order valence-corrected chi connectivity index (χ3v) is 5.17. The van der Waals surface area contributed by atoms with E-state index in [1.165, 1.54) is 6.92 Å². The molecule has 8 nitrogen and oxygen atoms in total. The highest BCUT2D eigenvalue weighted by Gasteiger charge is 2.44. The van der Waals surface area contributed by atoms with Gasteiger partial charge in [-0.15, -0.1) is 0 Å². The van der Waals surface area contributed by atoms with Crippen LogP contribution in [0.2, 0.25) is 0 Å². The number of fused-ring (bicyclic) bond motifs is 1. The lowest BCUT2D eigenvalue weighted by atomic mass is 9.82. The number of piperidine rings is 1. The number of nitrogens with one attached hydrogen (secondary N) is 1. The van der Waals surface area contributed by atoms with Gasteiger partial charge in [-0.2, -0.15) is 0 Å². The van der Waals surface area contributed by atoms with Crippen LogP contribution in [0.5, 0.6) is 0 Å². The lowest BCUT2D eigenvalue weighted by Crippen LogP contribution is -2.53. The molecule has 2 saturated heterocycles. The number of carbonyl (C=O) groups is 2. The van der Waals surface area contributed by atoms with E-state index in [0.29, 0.717) is 19.5 Å². The number of carbonyl (C=O) groups excluding carboxylic acids is 2. The zero-order valence-electron chi connectivity index (χ0n) is 14.7. The Morgan fingerprint density at radius 1 is 1.48 bits per heavy atom. The van der Waals surface area contributed by atoms with Gasteiger partial charge in [0.15, 0.2) is 0 Å². The first-order valence-corrected chi connectivity index (χ1v) is 8.70. The van der Waals surface area contributed by atoms with Gasteiger partial charge in [0, 0.05) is 38.3 Å². The number of hydrogen-bond acceptors (Lipinski definition) is 5. The molecule has 0 radical (unpaired) electrons. The molecule has 2 N–H and O–H groups in total. The number of aromatic nitrogens is 2. The third-order valence-electron chi connectivity index (χ3n) is 5.17. The second-order valence-corrected chi connectivity index (χ2v) is 7.31. The molecule has 0 unspecified atom stereocenters. The van der Waals surface area contributed by atoms with Crippen LogP contribution in [0.15, 0.2) is 18.7 Å². The zero-order valence-corrected chi connectivity index (χ0v) is 14.7. The Bertz CT molecular complexity index is 616. The van der Waals surface area contributed by atoms with Crippen molar-refractivity contribution in [3.8, 4) is 0 Å². The van der Waals surface area contributed by atoms with Gasteiger partial charge < -0.3 is 24.6 Å². The van der Waals surface area contributed by atoms with E-state index >= 15 is 0 Å². The van der Waals surface area contributed by atoms with Gasteiger partial charge in [-0.3, -0.25) is 9.59 Å². The summed E-state index contributed by atoms with van der Waals surface area (Å²) < 4.78 is 7.71. The summed E-state index contributed by atoms with van der Waals surface area (Å²) in [7, 11) is 0. The molecule has 0 aromatic carbocycles. The van der Waals surface area contributed by atoms with Gasteiger partial charge in [-0.05, 0) is 19.8 Å². The van der Waals surface area contributed by atoms with E-state index < -0.39 is 11.6 Å². The highest BCUT2D eigenvalue weighted by atomic mass is 16.5. The maximum Gasteiger partial charge on any atom is 0.242 e. The van der Waals surface area contributed by atoms with E-state index in [4.69, 9.17) is 4.74 Å². The topological polar surface area (TPSA) is 96.7 Å². The molecule has 8 heteroatoms. The standard InChI is InChI=1S/C17H26N4O4/c1-12(22)19-15-10-25-14-3-5-21(8-13(14)7-17(15,2)24)16(23)9-20-6-4-18-11-20/h4,6,11,13-15,24H,3,5,7-10H2,1-2H3,(H,19,22)/t13-,14+,15+,17+/m0/s1. The Morgan fingerprint density at radius 3 is 2.96 bits per heavy atom. The molecule has 138 valence electrons. The average Bonchev–Trinajstić information content (AvgIpc) is 3.00. The quantitative estimate of drug-likeness (QED) is 0.785. The smallest absolute Gasteiger partial charge is 0.242 e. The molecule has 2 fully saturated rings. The molecule has 2 aliphatic rings. The fourth-order valence-electron chi connectivity index (χ4n) is 3.80. The van der Waals surface area contributed by atoms with E-state index in [2.05, 4.69) is 10.3 Å². The van der Waals surface area contributed by atoms with Crippen LogP contribution in [-0.4, -0.2) is 68.8 Å². The largest absolute Gasteiger partial charge is 0.388 e. The average molecular weight is 350 g/mol. The van der Waals surface area contributed by atoms with Gasteiger partial charge in [0.1, 0.15) is 6.54 Å². The number of rotatable bonds is 3. The normalized spacial score (nSPS) is 32.6. The molecule has 3 heterocycles. The first-order chi connectivity index (χ1) is 11.8. The number of aliphatic hydroxyl groups is 1. The lowest BCUT2D eigenvalue weighted by Gasteiger charge is -2.39. The van der Waals surface area contributed by atoms with Gasteiger partial charge in [-0.25, -0.2) is 4.98 Å². The van der Waals surface area contributed by atoms with Crippen molar-refractivity contribution in [2.24, 2.45) is 5.92 Å². The van der Waals surface area contributed by atoms with Gasteiger partial charge in [0.05, 0.1) is 30.7 Å². The first-order valence-electron chi connectivity index (χ1n) is 8.70. The molecule has 1 aromatic rings. The summed E-state index contributed by atoms with van der Waals surface area (Å²) in [5, 5.41) is 13.6. The third kappa shape index (κ3) is 4.19. The van der Waals surface area contributed by atoms with E-state index in [0.717, 1.165) is 6.42 Å². The maximum absolute atomic E-state index is 12.5. The number of likely N-dealkylation sites (tertiary alicyclic amines) is 1. The molecular formula is C17H26N4O4. The van der Waals surface area contributed by atoms with E-state index in [-0.39, 0.29) is 37.0 Å². The minimum atomic E-state index is -1.07. The fraction of sp³-hybridized carbons (Fsp3) is 0.706. The van der Waals surface area contributed by atoms with Crippen molar-refractivity contribution in [2.45, 2.75) is 51.0 Å². The summed E-state index contributed by atoms with van der Waals surface area (Å²) in [6, 6.07) is -0.439. The Kier molecular flexibility index (Phi) is 5.10. The minimum Gasteiger partial charge on any atom is -0.388 e. The summed E-state index contributed by atoms with van der Waals surface area (Å²) in [6.45, 7) is 4.92. The predicted octanol–water partition coefficient (Wildman–Crippen LogP) is -0.224. The molecule has 2 amide bonds. The van der Waals surface area contributed by atoms with Gasteiger partial charge in [0.2, 0.25) is 11.8 Å². The van der Waals surface area contributed by atoms with Gasteiger partial charge in [-0.1, -0.05) is 0 Å². The van der Waals surface area contributed by atoms with E-state index in [1.54, 1.807) is 30.2 Å². The number of ether oxygens (including phenoxy) is 1.